The molecule has 0 aromatic heterocycles. The third-order valence-electron chi connectivity index (χ3n) is 3.27. The summed E-state index contributed by atoms with van der Waals surface area (Å²) in [5.74, 6) is 5.47. The molecule has 1 unspecified atom stereocenters. The number of nitro benzene ring substituents is 1. The Morgan fingerprint density at radius 1 is 1.55 bits per heavy atom. The number of hydrogen-bond acceptors (Lipinski definition) is 6. The average Bonchev–Trinajstić information content (AvgIpc) is 2.44. The number of hydrogen-bond donors (Lipinski definition) is 2. The predicted molar refractivity (Wildman–Crippen MR) is 78.3 cm³/mol. The SMILES string of the molecule is CCN(Cc1cc([N+](=O)[O-])ccc1NN)C(C)COC. The zero-order chi connectivity index (χ0) is 15.1. The lowest BCUT2D eigenvalue weighted by Crippen LogP contribution is -2.35. The number of rotatable bonds is 8. The molecule has 1 aromatic carbocycles. The van der Waals surface area contributed by atoms with Gasteiger partial charge >= 0.3 is 0 Å². The van der Waals surface area contributed by atoms with Gasteiger partial charge in [-0.25, -0.2) is 0 Å². The van der Waals surface area contributed by atoms with Gasteiger partial charge in [0.05, 0.1) is 17.2 Å². The normalized spacial score (nSPS) is 12.4. The molecule has 0 bridgehead atoms. The first-order valence-electron chi connectivity index (χ1n) is 6.50. The quantitative estimate of drug-likeness (QED) is 0.428. The maximum absolute atomic E-state index is 10.9. The minimum atomic E-state index is -0.404. The summed E-state index contributed by atoms with van der Waals surface area (Å²) >= 11 is 0. The zero-order valence-electron chi connectivity index (χ0n) is 12.1. The van der Waals surface area contributed by atoms with Gasteiger partial charge in [0.1, 0.15) is 0 Å². The standard InChI is InChI=1S/C13H22N4O3/c1-4-16(10(2)9-20-3)8-11-7-12(17(18)19)5-6-13(11)15-14/h5-7,10,15H,4,8-9,14H2,1-3H3. The van der Waals surface area contributed by atoms with Gasteiger partial charge in [-0.15, -0.1) is 0 Å². The van der Waals surface area contributed by atoms with Crippen LogP contribution in [-0.2, 0) is 11.3 Å². The molecule has 0 fully saturated rings. The summed E-state index contributed by atoms with van der Waals surface area (Å²) < 4.78 is 5.15. The Morgan fingerprint density at radius 3 is 2.75 bits per heavy atom. The molecular weight excluding hydrogens is 260 g/mol. The molecule has 0 aliphatic rings. The number of ether oxygens (including phenoxy) is 1. The molecule has 0 saturated carbocycles. The van der Waals surface area contributed by atoms with Gasteiger partial charge < -0.3 is 10.2 Å². The first-order chi connectivity index (χ1) is 9.53. The molecule has 1 rings (SSSR count). The summed E-state index contributed by atoms with van der Waals surface area (Å²) in [4.78, 5) is 12.6. The number of benzene rings is 1. The van der Waals surface area contributed by atoms with E-state index in [1.807, 2.05) is 6.92 Å². The van der Waals surface area contributed by atoms with E-state index in [1.54, 1.807) is 19.2 Å². The van der Waals surface area contributed by atoms with E-state index in [4.69, 9.17) is 10.6 Å². The molecule has 0 spiro atoms. The van der Waals surface area contributed by atoms with Crippen molar-refractivity contribution in [1.82, 2.24) is 4.90 Å². The number of nitrogen functional groups attached to an aromatic ring is 1. The summed E-state index contributed by atoms with van der Waals surface area (Å²) in [6, 6.07) is 4.84. The molecule has 0 aliphatic carbocycles. The largest absolute Gasteiger partial charge is 0.383 e. The van der Waals surface area contributed by atoms with Crippen molar-refractivity contribution in [3.8, 4) is 0 Å². The second kappa shape index (κ2) is 7.78. The van der Waals surface area contributed by atoms with Gasteiger partial charge in [0, 0.05) is 31.8 Å². The number of methoxy groups -OCH3 is 1. The van der Waals surface area contributed by atoms with Gasteiger partial charge in [0.2, 0.25) is 0 Å². The number of nitrogens with zero attached hydrogens (tertiary/aromatic N) is 2. The fraction of sp³-hybridized carbons (Fsp3) is 0.538. The van der Waals surface area contributed by atoms with E-state index >= 15 is 0 Å². The molecule has 0 heterocycles. The topological polar surface area (TPSA) is 93.7 Å². The van der Waals surface area contributed by atoms with Gasteiger partial charge in [-0.05, 0) is 25.1 Å². The zero-order valence-corrected chi connectivity index (χ0v) is 12.1. The molecule has 1 aromatic rings. The van der Waals surface area contributed by atoms with Crippen LogP contribution in [0.2, 0.25) is 0 Å². The Hall–Kier alpha value is -1.70. The van der Waals surface area contributed by atoms with E-state index in [9.17, 15) is 10.1 Å². The summed E-state index contributed by atoms with van der Waals surface area (Å²) in [7, 11) is 1.66. The van der Waals surface area contributed by atoms with Crippen molar-refractivity contribution < 1.29 is 9.66 Å². The van der Waals surface area contributed by atoms with Crippen LogP contribution in [0.5, 0.6) is 0 Å². The fourth-order valence-electron chi connectivity index (χ4n) is 2.11. The maximum Gasteiger partial charge on any atom is 0.269 e. The molecule has 20 heavy (non-hydrogen) atoms. The van der Waals surface area contributed by atoms with E-state index in [0.29, 0.717) is 18.8 Å². The first-order valence-corrected chi connectivity index (χ1v) is 6.50. The number of nitrogens with two attached hydrogens (primary N) is 1. The second-order valence-electron chi connectivity index (χ2n) is 4.61. The predicted octanol–water partition coefficient (Wildman–Crippen LogP) is 1.74. The van der Waals surface area contributed by atoms with Crippen LogP contribution in [0.25, 0.3) is 0 Å². The maximum atomic E-state index is 10.9. The minimum Gasteiger partial charge on any atom is -0.383 e. The van der Waals surface area contributed by atoms with Crippen LogP contribution in [-0.4, -0.2) is 36.1 Å². The van der Waals surface area contributed by atoms with Crippen LogP contribution in [0.15, 0.2) is 18.2 Å². The van der Waals surface area contributed by atoms with Crippen molar-refractivity contribution in [2.24, 2.45) is 5.84 Å². The molecule has 7 heteroatoms. The number of non-ortho nitro benzene ring substituents is 1. The highest BCUT2D eigenvalue weighted by Crippen LogP contribution is 2.23. The summed E-state index contributed by atoms with van der Waals surface area (Å²) in [6.07, 6.45) is 0. The fourth-order valence-corrected chi connectivity index (χ4v) is 2.11. The Balaban J connectivity index is 2.98. The Labute approximate surface area is 118 Å². The van der Waals surface area contributed by atoms with Crippen molar-refractivity contribution in [2.45, 2.75) is 26.4 Å². The van der Waals surface area contributed by atoms with Crippen molar-refractivity contribution in [3.63, 3.8) is 0 Å². The molecule has 0 aliphatic heterocycles. The highest BCUT2D eigenvalue weighted by Gasteiger charge is 2.16. The van der Waals surface area contributed by atoms with Crippen LogP contribution >= 0.6 is 0 Å². The Kier molecular flexibility index (Phi) is 6.37. The lowest BCUT2D eigenvalue weighted by molar-refractivity contribution is -0.384. The lowest BCUT2D eigenvalue weighted by atomic mass is 10.1. The van der Waals surface area contributed by atoms with Crippen LogP contribution in [0.1, 0.15) is 19.4 Å². The van der Waals surface area contributed by atoms with Crippen LogP contribution in [0, 0.1) is 10.1 Å². The molecular formula is C13H22N4O3. The summed E-state index contributed by atoms with van der Waals surface area (Å²) in [5.41, 5.74) is 4.14. The summed E-state index contributed by atoms with van der Waals surface area (Å²) in [6.45, 7) is 6.09. The summed E-state index contributed by atoms with van der Waals surface area (Å²) in [5, 5.41) is 10.9. The first kappa shape index (κ1) is 16.4. The monoisotopic (exact) mass is 282 g/mol. The van der Waals surface area contributed by atoms with E-state index in [0.717, 1.165) is 12.1 Å². The molecule has 1 atom stereocenters. The van der Waals surface area contributed by atoms with Crippen molar-refractivity contribution in [3.05, 3.63) is 33.9 Å². The van der Waals surface area contributed by atoms with E-state index in [2.05, 4.69) is 17.2 Å². The smallest absolute Gasteiger partial charge is 0.269 e. The molecule has 0 saturated heterocycles. The highest BCUT2D eigenvalue weighted by molar-refractivity contribution is 5.55. The van der Waals surface area contributed by atoms with Gasteiger partial charge in [-0.2, -0.15) is 0 Å². The third kappa shape index (κ3) is 4.16. The Bertz CT molecular complexity index is 453. The van der Waals surface area contributed by atoms with Crippen molar-refractivity contribution in [1.29, 1.82) is 0 Å². The molecule has 112 valence electrons. The number of anilines is 1. The molecule has 0 radical (unpaired) electrons. The average molecular weight is 282 g/mol. The second-order valence-corrected chi connectivity index (χ2v) is 4.61. The van der Waals surface area contributed by atoms with E-state index in [1.165, 1.54) is 6.07 Å². The van der Waals surface area contributed by atoms with E-state index in [-0.39, 0.29) is 11.7 Å². The van der Waals surface area contributed by atoms with Crippen molar-refractivity contribution >= 4 is 11.4 Å². The highest BCUT2D eigenvalue weighted by atomic mass is 16.6. The lowest BCUT2D eigenvalue weighted by Gasteiger charge is -2.28. The molecule has 7 nitrogen and oxygen atoms in total. The van der Waals surface area contributed by atoms with Gasteiger partial charge in [-0.3, -0.25) is 20.9 Å². The number of hydrazine groups is 1. The molecule has 3 N–H and O–H groups in total. The molecule has 0 amide bonds. The number of nitrogens with one attached hydrogen (secondary N) is 1. The van der Waals surface area contributed by atoms with Crippen molar-refractivity contribution in [2.75, 3.05) is 25.7 Å². The van der Waals surface area contributed by atoms with Crippen LogP contribution < -0.4 is 11.3 Å². The van der Waals surface area contributed by atoms with Gasteiger partial charge in [-0.1, -0.05) is 6.92 Å². The third-order valence-corrected chi connectivity index (χ3v) is 3.27. The Morgan fingerprint density at radius 2 is 2.25 bits per heavy atom. The van der Waals surface area contributed by atoms with E-state index < -0.39 is 4.92 Å². The van der Waals surface area contributed by atoms with Crippen LogP contribution in [0.4, 0.5) is 11.4 Å². The number of likely N-dealkylation sites (N-methyl/N-ethyl adjacent to an activating group) is 1. The van der Waals surface area contributed by atoms with Gasteiger partial charge in [0.15, 0.2) is 0 Å². The number of nitro groups is 1. The minimum absolute atomic E-state index is 0.0643. The van der Waals surface area contributed by atoms with Crippen LogP contribution in [0.3, 0.4) is 0 Å². The van der Waals surface area contributed by atoms with Gasteiger partial charge in [0.25, 0.3) is 5.69 Å².